The minimum absolute atomic E-state index is 0.803. The lowest BCUT2D eigenvalue weighted by atomic mass is 9.96. The molecular weight excluding hydrogens is 282 g/mol. The lowest BCUT2D eigenvalue weighted by Gasteiger charge is -2.12. The molecule has 3 heteroatoms. The first-order chi connectivity index (χ1) is 11.3. The topological polar surface area (TPSA) is 38.7 Å². The van der Waals surface area contributed by atoms with Crippen LogP contribution in [0.2, 0.25) is 0 Å². The van der Waals surface area contributed by atoms with E-state index in [9.17, 15) is 0 Å². The molecule has 0 aliphatic heterocycles. The van der Waals surface area contributed by atoms with Crippen LogP contribution in [-0.2, 0) is 0 Å². The Labute approximate surface area is 133 Å². The van der Waals surface area contributed by atoms with Gasteiger partial charge in [-0.05, 0) is 25.1 Å². The summed E-state index contributed by atoms with van der Waals surface area (Å²) in [5, 5.41) is 4.61. The zero-order valence-electron chi connectivity index (χ0n) is 12.6. The Balaban J connectivity index is 2.01. The summed E-state index contributed by atoms with van der Waals surface area (Å²) in [7, 11) is 0. The number of nitrogens with zero attached hydrogens (tertiary/aromatic N) is 3. The van der Waals surface area contributed by atoms with E-state index in [1.807, 2.05) is 31.3 Å². The molecule has 0 saturated heterocycles. The molecule has 2 aromatic heterocycles. The quantitative estimate of drug-likeness (QED) is 0.419. The predicted octanol–water partition coefficient (Wildman–Crippen LogP) is 4.74. The molecule has 0 amide bonds. The molecule has 0 atom stereocenters. The maximum Gasteiger partial charge on any atom is 0.126 e. The van der Waals surface area contributed by atoms with Crippen molar-refractivity contribution in [1.29, 1.82) is 0 Å². The number of aryl methyl sites for hydroxylation is 1. The highest BCUT2D eigenvalue weighted by Gasteiger charge is 2.14. The zero-order chi connectivity index (χ0) is 15.4. The molecule has 23 heavy (non-hydrogen) atoms. The van der Waals surface area contributed by atoms with Crippen LogP contribution in [-0.4, -0.2) is 15.0 Å². The van der Waals surface area contributed by atoms with Crippen LogP contribution in [0.1, 0.15) is 5.82 Å². The highest BCUT2D eigenvalue weighted by molar-refractivity contribution is 6.23. The fourth-order valence-electron chi connectivity index (χ4n) is 3.38. The minimum atomic E-state index is 0.803. The van der Waals surface area contributed by atoms with E-state index in [4.69, 9.17) is 4.98 Å². The van der Waals surface area contributed by atoms with E-state index < -0.39 is 0 Å². The molecule has 0 aliphatic carbocycles. The molecule has 108 valence electrons. The maximum atomic E-state index is 4.71. The number of hydrogen-bond acceptors (Lipinski definition) is 3. The van der Waals surface area contributed by atoms with E-state index in [2.05, 4.69) is 46.4 Å². The van der Waals surface area contributed by atoms with E-state index in [-0.39, 0.29) is 0 Å². The van der Waals surface area contributed by atoms with Gasteiger partial charge in [-0.2, -0.15) is 0 Å². The largest absolute Gasteiger partial charge is 0.255 e. The van der Waals surface area contributed by atoms with Crippen LogP contribution >= 0.6 is 0 Å². The number of rotatable bonds is 1. The summed E-state index contributed by atoms with van der Waals surface area (Å²) in [5.41, 5.74) is 4.13. The summed E-state index contributed by atoms with van der Waals surface area (Å²) in [6, 6.07) is 18.7. The zero-order valence-corrected chi connectivity index (χ0v) is 12.6. The highest BCUT2D eigenvalue weighted by atomic mass is 14.9. The Morgan fingerprint density at radius 3 is 2.26 bits per heavy atom. The first-order valence-corrected chi connectivity index (χ1v) is 7.65. The molecule has 0 radical (unpaired) electrons. The molecule has 0 N–H and O–H groups in total. The Kier molecular flexibility index (Phi) is 2.42. The Morgan fingerprint density at radius 1 is 0.739 bits per heavy atom. The Hall–Kier alpha value is -3.07. The van der Waals surface area contributed by atoms with E-state index >= 15 is 0 Å². The van der Waals surface area contributed by atoms with Crippen LogP contribution in [0.15, 0.2) is 60.8 Å². The summed E-state index contributed by atoms with van der Waals surface area (Å²) in [6.45, 7) is 1.94. The second-order valence-corrected chi connectivity index (χ2v) is 5.80. The molecule has 3 nitrogen and oxygen atoms in total. The van der Waals surface area contributed by atoms with Crippen molar-refractivity contribution in [3.8, 4) is 11.3 Å². The minimum Gasteiger partial charge on any atom is -0.255 e. The van der Waals surface area contributed by atoms with E-state index in [1.54, 1.807) is 0 Å². The van der Waals surface area contributed by atoms with Crippen molar-refractivity contribution in [2.45, 2.75) is 6.92 Å². The van der Waals surface area contributed by atoms with Crippen LogP contribution in [0.5, 0.6) is 0 Å². The van der Waals surface area contributed by atoms with Crippen LogP contribution in [0, 0.1) is 6.92 Å². The van der Waals surface area contributed by atoms with Gasteiger partial charge in [0, 0.05) is 33.3 Å². The first-order valence-electron chi connectivity index (χ1n) is 7.65. The summed E-state index contributed by atoms with van der Waals surface area (Å²) in [6.07, 6.45) is 1.95. The van der Waals surface area contributed by atoms with E-state index in [1.165, 1.54) is 5.39 Å². The number of aromatic nitrogens is 3. The number of benzene rings is 3. The molecule has 3 aromatic carbocycles. The fraction of sp³-hybridized carbons (Fsp3) is 0.0500. The predicted molar refractivity (Wildman–Crippen MR) is 93.7 cm³/mol. The lowest BCUT2D eigenvalue weighted by Crippen LogP contribution is -1.95. The normalized spacial score (nSPS) is 11.7. The van der Waals surface area contributed by atoms with Gasteiger partial charge in [0.05, 0.1) is 16.7 Å². The van der Waals surface area contributed by atoms with Gasteiger partial charge in [0.1, 0.15) is 5.82 Å². The molecule has 2 heterocycles. The second kappa shape index (κ2) is 4.46. The maximum absolute atomic E-state index is 4.71. The fourth-order valence-corrected chi connectivity index (χ4v) is 3.38. The first kappa shape index (κ1) is 12.5. The number of pyridine rings is 1. The van der Waals surface area contributed by atoms with Gasteiger partial charge in [-0.15, -0.1) is 0 Å². The van der Waals surface area contributed by atoms with Crippen LogP contribution in [0.25, 0.3) is 43.8 Å². The lowest BCUT2D eigenvalue weighted by molar-refractivity contribution is 1.12. The van der Waals surface area contributed by atoms with Gasteiger partial charge in [0.25, 0.3) is 0 Å². The van der Waals surface area contributed by atoms with Crippen LogP contribution < -0.4 is 0 Å². The monoisotopic (exact) mass is 295 g/mol. The van der Waals surface area contributed by atoms with Gasteiger partial charge in [-0.3, -0.25) is 4.98 Å². The smallest absolute Gasteiger partial charge is 0.126 e. The Morgan fingerprint density at radius 2 is 1.48 bits per heavy atom. The van der Waals surface area contributed by atoms with Crippen LogP contribution in [0.4, 0.5) is 0 Å². The average molecular weight is 295 g/mol. The standard InChI is InChI=1S/C20H13N3/c1-12-22-16-9-7-14-11-21-20(13-5-3-2-4-6-13)15-8-10-17(23-12)19(16)18(14)15/h2-11H,1H3. The van der Waals surface area contributed by atoms with Crippen molar-refractivity contribution in [1.82, 2.24) is 15.0 Å². The Bertz CT molecular complexity index is 1140. The van der Waals surface area contributed by atoms with Crippen molar-refractivity contribution < 1.29 is 0 Å². The van der Waals surface area contributed by atoms with Gasteiger partial charge in [0.2, 0.25) is 0 Å². The SMILES string of the molecule is Cc1nc2ccc3cnc(-c4ccccc4)c4ccc(n1)c2c34. The molecule has 0 fully saturated rings. The van der Waals surface area contributed by atoms with Gasteiger partial charge < -0.3 is 0 Å². The molecule has 0 spiro atoms. The summed E-state index contributed by atoms with van der Waals surface area (Å²) in [4.78, 5) is 13.9. The van der Waals surface area contributed by atoms with Gasteiger partial charge in [-0.25, -0.2) is 9.97 Å². The third-order valence-corrected chi connectivity index (χ3v) is 4.35. The molecule has 0 bridgehead atoms. The van der Waals surface area contributed by atoms with Crippen molar-refractivity contribution in [2.24, 2.45) is 0 Å². The van der Waals surface area contributed by atoms with E-state index in [0.717, 1.165) is 44.3 Å². The highest BCUT2D eigenvalue weighted by Crippen LogP contribution is 2.36. The van der Waals surface area contributed by atoms with Crippen molar-refractivity contribution >= 4 is 32.6 Å². The molecule has 0 unspecified atom stereocenters. The molecule has 0 aliphatic rings. The summed E-state index contributed by atoms with van der Waals surface area (Å²) < 4.78 is 0. The van der Waals surface area contributed by atoms with Crippen molar-refractivity contribution in [3.63, 3.8) is 0 Å². The third-order valence-electron chi connectivity index (χ3n) is 4.35. The average Bonchev–Trinajstić information content (AvgIpc) is 2.59. The van der Waals surface area contributed by atoms with Crippen molar-refractivity contribution in [2.75, 3.05) is 0 Å². The van der Waals surface area contributed by atoms with Gasteiger partial charge in [0.15, 0.2) is 0 Å². The summed E-state index contributed by atoms with van der Waals surface area (Å²) in [5.74, 6) is 0.803. The molecule has 5 rings (SSSR count). The third kappa shape index (κ3) is 1.73. The molecule has 0 saturated carbocycles. The second-order valence-electron chi connectivity index (χ2n) is 5.80. The van der Waals surface area contributed by atoms with Crippen molar-refractivity contribution in [3.05, 3.63) is 66.6 Å². The summed E-state index contributed by atoms with van der Waals surface area (Å²) >= 11 is 0. The molecule has 5 aromatic rings. The van der Waals surface area contributed by atoms with Gasteiger partial charge >= 0.3 is 0 Å². The molecular formula is C20H13N3. The number of hydrogen-bond donors (Lipinski definition) is 0. The van der Waals surface area contributed by atoms with Crippen LogP contribution in [0.3, 0.4) is 0 Å². The van der Waals surface area contributed by atoms with Gasteiger partial charge in [-0.1, -0.05) is 36.4 Å². The van der Waals surface area contributed by atoms with E-state index in [0.29, 0.717) is 0 Å².